The van der Waals surface area contributed by atoms with E-state index in [-0.39, 0.29) is 17.9 Å². The van der Waals surface area contributed by atoms with Crippen LogP contribution in [-0.4, -0.2) is 35.0 Å². The maximum atomic E-state index is 12.6. The van der Waals surface area contributed by atoms with Crippen molar-refractivity contribution in [2.24, 2.45) is 0 Å². The monoisotopic (exact) mass is 338 g/mol. The minimum atomic E-state index is -4.52. The fourth-order valence-electron chi connectivity index (χ4n) is 2.15. The van der Waals surface area contributed by atoms with Crippen LogP contribution in [-0.2, 0) is 11.0 Å². The van der Waals surface area contributed by atoms with Crippen molar-refractivity contribution in [1.29, 1.82) is 0 Å². The standard InChI is InChI=1S/C16H13F3N2O3/c17-16(18,19)13-4-1-5-14(20-13)24-12-9-21(10-12)15(22)7-6-11-3-2-8-23-11/h1-8,12H,9-10H2/b7-6+. The molecule has 0 N–H and O–H groups in total. The molecule has 2 aromatic heterocycles. The van der Waals surface area contributed by atoms with E-state index in [1.54, 1.807) is 18.2 Å². The topological polar surface area (TPSA) is 55.6 Å². The van der Waals surface area contributed by atoms with Crippen LogP contribution in [0.1, 0.15) is 11.5 Å². The Morgan fingerprint density at radius 3 is 2.75 bits per heavy atom. The van der Waals surface area contributed by atoms with Crippen molar-refractivity contribution in [3.8, 4) is 5.88 Å². The van der Waals surface area contributed by atoms with Crippen LogP contribution >= 0.6 is 0 Å². The average molecular weight is 338 g/mol. The van der Waals surface area contributed by atoms with Gasteiger partial charge in [-0.05, 0) is 24.3 Å². The van der Waals surface area contributed by atoms with Gasteiger partial charge >= 0.3 is 6.18 Å². The van der Waals surface area contributed by atoms with Crippen LogP contribution in [0.3, 0.4) is 0 Å². The molecule has 0 aliphatic carbocycles. The molecule has 1 fully saturated rings. The minimum absolute atomic E-state index is 0.104. The van der Waals surface area contributed by atoms with Gasteiger partial charge in [0.2, 0.25) is 11.8 Å². The van der Waals surface area contributed by atoms with Gasteiger partial charge in [-0.1, -0.05) is 6.07 Å². The van der Waals surface area contributed by atoms with Crippen LogP contribution in [0.25, 0.3) is 6.08 Å². The van der Waals surface area contributed by atoms with E-state index in [4.69, 9.17) is 9.15 Å². The molecule has 0 bridgehead atoms. The van der Waals surface area contributed by atoms with Crippen LogP contribution in [0.15, 0.2) is 47.1 Å². The molecule has 2 aromatic rings. The third-order valence-corrected chi connectivity index (χ3v) is 3.39. The second-order valence-electron chi connectivity index (χ2n) is 5.19. The summed E-state index contributed by atoms with van der Waals surface area (Å²) in [7, 11) is 0. The number of hydrogen-bond donors (Lipinski definition) is 0. The highest BCUT2D eigenvalue weighted by molar-refractivity contribution is 5.92. The molecule has 1 amide bonds. The molecule has 3 heterocycles. The minimum Gasteiger partial charge on any atom is -0.471 e. The first-order chi connectivity index (χ1) is 11.4. The molecule has 0 atom stereocenters. The van der Waals surface area contributed by atoms with Crippen molar-refractivity contribution >= 4 is 12.0 Å². The highest BCUT2D eigenvalue weighted by Crippen LogP contribution is 2.29. The van der Waals surface area contributed by atoms with Gasteiger partial charge in [0.15, 0.2) is 0 Å². The highest BCUT2D eigenvalue weighted by Gasteiger charge is 2.34. The normalized spacial score (nSPS) is 15.5. The third-order valence-electron chi connectivity index (χ3n) is 3.39. The van der Waals surface area contributed by atoms with Gasteiger partial charge in [0.05, 0.1) is 19.4 Å². The Hall–Kier alpha value is -2.77. The summed E-state index contributed by atoms with van der Waals surface area (Å²) in [5, 5.41) is 0. The lowest BCUT2D eigenvalue weighted by Crippen LogP contribution is -2.55. The molecule has 0 radical (unpaired) electrons. The summed E-state index contributed by atoms with van der Waals surface area (Å²) in [6.45, 7) is 0.582. The van der Waals surface area contributed by atoms with Crippen LogP contribution in [0.5, 0.6) is 5.88 Å². The number of ether oxygens (including phenoxy) is 1. The quantitative estimate of drug-likeness (QED) is 0.804. The summed E-state index contributed by atoms with van der Waals surface area (Å²) in [6.07, 6.45) is -0.471. The number of likely N-dealkylation sites (tertiary alicyclic amines) is 1. The second-order valence-corrected chi connectivity index (χ2v) is 5.19. The van der Waals surface area contributed by atoms with E-state index in [0.29, 0.717) is 18.8 Å². The molecule has 0 saturated carbocycles. The van der Waals surface area contributed by atoms with Gasteiger partial charge in [-0.25, -0.2) is 4.98 Å². The number of hydrogen-bond acceptors (Lipinski definition) is 4. The zero-order valence-electron chi connectivity index (χ0n) is 12.4. The van der Waals surface area contributed by atoms with Gasteiger partial charge in [0, 0.05) is 12.1 Å². The van der Waals surface area contributed by atoms with Gasteiger partial charge in [-0.3, -0.25) is 4.79 Å². The van der Waals surface area contributed by atoms with Crippen LogP contribution in [0, 0.1) is 0 Å². The molecule has 0 spiro atoms. The number of carbonyl (C=O) groups is 1. The molecule has 3 rings (SSSR count). The maximum absolute atomic E-state index is 12.6. The molecular weight excluding hydrogens is 325 g/mol. The lowest BCUT2D eigenvalue weighted by atomic mass is 10.1. The molecular formula is C16H13F3N2O3. The highest BCUT2D eigenvalue weighted by atomic mass is 19.4. The number of pyridine rings is 1. The van der Waals surface area contributed by atoms with Gasteiger partial charge < -0.3 is 14.1 Å². The SMILES string of the molecule is O=C(/C=C/c1ccco1)N1CC(Oc2cccc(C(F)(F)F)n2)C1. The molecule has 126 valence electrons. The predicted octanol–water partition coefficient (Wildman–Crippen LogP) is 3.00. The third kappa shape index (κ3) is 3.76. The Morgan fingerprint density at radius 1 is 1.29 bits per heavy atom. The fourth-order valence-corrected chi connectivity index (χ4v) is 2.15. The molecule has 1 aliphatic rings. The maximum Gasteiger partial charge on any atom is 0.433 e. The van der Waals surface area contributed by atoms with E-state index >= 15 is 0 Å². The smallest absolute Gasteiger partial charge is 0.433 e. The van der Waals surface area contributed by atoms with Crippen LogP contribution in [0.2, 0.25) is 0 Å². The molecule has 8 heteroatoms. The summed E-state index contributed by atoms with van der Waals surface area (Å²) in [5.74, 6) is 0.237. The summed E-state index contributed by atoms with van der Waals surface area (Å²) in [4.78, 5) is 16.8. The lowest BCUT2D eigenvalue weighted by molar-refractivity contribution is -0.141. The first kappa shape index (κ1) is 16.1. The number of nitrogens with zero attached hydrogens (tertiary/aromatic N) is 2. The predicted molar refractivity (Wildman–Crippen MR) is 78.0 cm³/mol. The Morgan fingerprint density at radius 2 is 2.08 bits per heavy atom. The van der Waals surface area contributed by atoms with Crippen molar-refractivity contribution in [3.05, 3.63) is 54.1 Å². The Labute approximate surface area is 135 Å². The molecule has 5 nitrogen and oxygen atoms in total. The number of furan rings is 1. The van der Waals surface area contributed by atoms with Crippen LogP contribution < -0.4 is 4.74 Å². The van der Waals surface area contributed by atoms with Crippen molar-refractivity contribution in [1.82, 2.24) is 9.88 Å². The zero-order chi connectivity index (χ0) is 17.2. The zero-order valence-corrected chi connectivity index (χ0v) is 12.4. The Balaban J connectivity index is 1.51. The molecule has 0 unspecified atom stereocenters. The van der Waals surface area contributed by atoms with Crippen molar-refractivity contribution in [2.75, 3.05) is 13.1 Å². The van der Waals surface area contributed by atoms with E-state index in [2.05, 4.69) is 4.98 Å². The van der Waals surface area contributed by atoms with Crippen molar-refractivity contribution in [2.45, 2.75) is 12.3 Å². The van der Waals surface area contributed by atoms with E-state index in [9.17, 15) is 18.0 Å². The summed E-state index contributed by atoms with van der Waals surface area (Å²) >= 11 is 0. The van der Waals surface area contributed by atoms with E-state index in [0.717, 1.165) is 6.07 Å². The van der Waals surface area contributed by atoms with E-state index in [1.807, 2.05) is 0 Å². The molecule has 24 heavy (non-hydrogen) atoms. The number of carbonyl (C=O) groups excluding carboxylic acids is 1. The molecule has 0 aromatic carbocycles. The Bertz CT molecular complexity index is 735. The molecule has 1 aliphatic heterocycles. The van der Waals surface area contributed by atoms with Crippen molar-refractivity contribution in [3.63, 3.8) is 0 Å². The summed E-state index contributed by atoms with van der Waals surface area (Å²) in [6, 6.07) is 6.89. The van der Waals surface area contributed by atoms with Gasteiger partial charge in [0.1, 0.15) is 17.6 Å². The molecule has 1 saturated heterocycles. The van der Waals surface area contributed by atoms with E-state index in [1.165, 1.54) is 29.4 Å². The summed E-state index contributed by atoms with van der Waals surface area (Å²) < 4.78 is 48.2. The van der Waals surface area contributed by atoms with Gasteiger partial charge in [-0.15, -0.1) is 0 Å². The fraction of sp³-hybridized carbons (Fsp3) is 0.250. The number of rotatable bonds is 4. The van der Waals surface area contributed by atoms with Gasteiger partial charge in [-0.2, -0.15) is 13.2 Å². The number of halogens is 3. The lowest BCUT2D eigenvalue weighted by Gasteiger charge is -2.38. The first-order valence-corrected chi connectivity index (χ1v) is 7.13. The second kappa shape index (κ2) is 6.38. The van der Waals surface area contributed by atoms with Crippen molar-refractivity contribution < 1.29 is 27.1 Å². The van der Waals surface area contributed by atoms with Gasteiger partial charge in [0.25, 0.3) is 0 Å². The van der Waals surface area contributed by atoms with Crippen LogP contribution in [0.4, 0.5) is 13.2 Å². The number of amides is 1. The van der Waals surface area contributed by atoms with E-state index < -0.39 is 11.9 Å². The largest absolute Gasteiger partial charge is 0.471 e. The first-order valence-electron chi connectivity index (χ1n) is 7.13. The Kier molecular flexibility index (Phi) is 4.28. The summed E-state index contributed by atoms with van der Waals surface area (Å²) in [5.41, 5.74) is -1.01. The average Bonchev–Trinajstić information content (AvgIpc) is 3.01. The number of aromatic nitrogens is 1. The number of alkyl halides is 3.